The van der Waals surface area contributed by atoms with Gasteiger partial charge in [0.25, 0.3) is 0 Å². The number of rotatable bonds is 0. The van der Waals surface area contributed by atoms with Gasteiger partial charge in [-0.25, -0.2) is 10.6 Å². The van der Waals surface area contributed by atoms with E-state index in [4.69, 9.17) is 0 Å². The van der Waals surface area contributed by atoms with E-state index in [9.17, 15) is 4.79 Å². The third kappa shape index (κ3) is 8.85. The molecule has 0 heterocycles. The van der Waals surface area contributed by atoms with Crippen LogP contribution in [0.15, 0.2) is 0 Å². The van der Waals surface area contributed by atoms with Crippen molar-refractivity contribution in [3.8, 4) is 0 Å². The Bertz CT molecular complexity index is 46.1. The first-order valence-electron chi connectivity index (χ1n) is 1.03. The van der Waals surface area contributed by atoms with Crippen LogP contribution in [-0.2, 0) is 0 Å². The third-order valence-corrected chi connectivity index (χ3v) is 0.142. The number of primary amides is 1. The van der Waals surface area contributed by atoms with E-state index in [2.05, 4.69) is 11.6 Å². The number of urea groups is 1. The summed E-state index contributed by atoms with van der Waals surface area (Å²) >= 11 is 0. The van der Waals surface area contributed by atoms with Crippen molar-refractivity contribution in [2.75, 3.05) is 0 Å². The molecule has 32 valence electrons. The Kier molecular flexibility index (Phi) is 9.76. The van der Waals surface area contributed by atoms with Crippen molar-refractivity contribution in [1.82, 2.24) is 5.43 Å². The van der Waals surface area contributed by atoms with E-state index < -0.39 is 6.03 Å². The molecule has 4 nitrogen and oxygen atoms in total. The van der Waals surface area contributed by atoms with E-state index in [0.29, 0.717) is 0 Å². The molecule has 0 aliphatic rings. The summed E-state index contributed by atoms with van der Waals surface area (Å²) < 4.78 is 0. The van der Waals surface area contributed by atoms with Crippen molar-refractivity contribution in [3.63, 3.8) is 0 Å². The Morgan fingerprint density at radius 3 is 1.83 bits per heavy atom. The zero-order valence-corrected chi connectivity index (χ0v) is 2.56. The second kappa shape index (κ2) is 5.87. The first-order chi connectivity index (χ1) is 2.27. The van der Waals surface area contributed by atoms with Crippen molar-refractivity contribution in [1.29, 1.82) is 0 Å². The van der Waals surface area contributed by atoms with E-state index in [-0.39, 0.29) is 51.4 Å². The number of hydrogen-bond donors (Lipinski definition) is 3. The molecule has 0 unspecified atom stereocenters. The molecule has 5 heteroatoms. The minimum atomic E-state index is -0.718. The Labute approximate surface area is 78.0 Å². The topological polar surface area (TPSA) is 81.1 Å². The molecule has 0 aliphatic carbocycles. The summed E-state index contributed by atoms with van der Waals surface area (Å²) in [5.74, 6) is 4.45. The zero-order chi connectivity index (χ0) is 4.28. The molecule has 0 saturated carbocycles. The number of hydrogen-bond acceptors (Lipinski definition) is 2. The normalized spacial score (nSPS) is 5.50. The Balaban J connectivity index is 0. The van der Waals surface area contributed by atoms with Crippen LogP contribution in [-0.4, -0.2) is 57.4 Å². The summed E-state index contributed by atoms with van der Waals surface area (Å²) in [5, 5.41) is 0. The van der Waals surface area contributed by atoms with Crippen molar-refractivity contribution in [2.24, 2.45) is 11.6 Å². The molecule has 6 heavy (non-hydrogen) atoms. The van der Waals surface area contributed by atoms with Crippen LogP contribution >= 0.6 is 0 Å². The van der Waals surface area contributed by atoms with Gasteiger partial charge in [0.15, 0.2) is 0 Å². The molecule has 0 aliphatic heterocycles. The van der Waals surface area contributed by atoms with Gasteiger partial charge in [0.05, 0.1) is 0 Å². The van der Waals surface area contributed by atoms with Gasteiger partial charge in [-0.05, 0) is 0 Å². The maximum atomic E-state index is 9.35. The first kappa shape index (κ1) is 9.98. The summed E-state index contributed by atoms with van der Waals surface area (Å²) in [4.78, 5) is 9.35. The van der Waals surface area contributed by atoms with Crippen LogP contribution < -0.4 is 17.0 Å². The number of carbonyl (C=O) groups is 1. The Morgan fingerprint density at radius 2 is 1.83 bits per heavy atom. The average molecular weight is 115 g/mol. The Morgan fingerprint density at radius 1 is 1.67 bits per heavy atom. The number of hydrazine groups is 1. The number of nitrogens with one attached hydrogen (secondary N) is 1. The minimum absolute atomic E-state index is 0. The predicted molar refractivity (Wildman–Crippen MR) is 24.1 cm³/mol. The van der Waals surface area contributed by atoms with Gasteiger partial charge in [-0.1, -0.05) is 0 Å². The van der Waals surface area contributed by atoms with Crippen molar-refractivity contribution >= 4 is 57.4 Å². The fraction of sp³-hybridized carbons (Fsp3) is 0. The maximum absolute atomic E-state index is 9.35. The molecule has 0 bridgehead atoms. The Hall–Kier alpha value is 0.866. The summed E-state index contributed by atoms with van der Waals surface area (Å²) in [7, 11) is 0. The third-order valence-electron chi connectivity index (χ3n) is 0.142. The van der Waals surface area contributed by atoms with E-state index in [1.165, 1.54) is 0 Å². The molecule has 0 saturated heterocycles. The second-order valence-corrected chi connectivity index (χ2v) is 0.509. The molecule has 0 spiro atoms. The van der Waals surface area contributed by atoms with Crippen molar-refractivity contribution in [3.05, 3.63) is 0 Å². The molecule has 0 aromatic heterocycles. The van der Waals surface area contributed by atoms with Crippen LogP contribution in [0.25, 0.3) is 0 Å². The van der Waals surface area contributed by atoms with Crippen LogP contribution in [0.1, 0.15) is 0 Å². The number of carbonyl (C=O) groups excluding carboxylic acids is 1. The molecule has 0 aromatic carbocycles. The first-order valence-corrected chi connectivity index (χ1v) is 1.03. The second-order valence-electron chi connectivity index (χ2n) is 0.509. The summed E-state index contributed by atoms with van der Waals surface area (Å²) in [5.41, 5.74) is 6.08. The number of amides is 2. The fourth-order valence-electron chi connectivity index (χ4n) is 0. The van der Waals surface area contributed by atoms with Gasteiger partial charge in [-0.15, -0.1) is 0 Å². The molecule has 0 rings (SSSR count). The van der Waals surface area contributed by atoms with Gasteiger partial charge in [-0.2, -0.15) is 0 Å². The molecule has 2 amide bonds. The van der Waals surface area contributed by atoms with Gasteiger partial charge < -0.3 is 5.73 Å². The van der Waals surface area contributed by atoms with Gasteiger partial charge in [0, 0.05) is 0 Å². The van der Waals surface area contributed by atoms with E-state index in [1.54, 1.807) is 5.43 Å². The summed E-state index contributed by atoms with van der Waals surface area (Å²) in [6.45, 7) is 0. The van der Waals surface area contributed by atoms with Crippen molar-refractivity contribution < 1.29 is 4.79 Å². The van der Waals surface area contributed by atoms with Gasteiger partial charge in [0.1, 0.15) is 0 Å². The van der Waals surface area contributed by atoms with E-state index >= 15 is 0 Å². The summed E-state index contributed by atoms with van der Waals surface area (Å²) in [6.07, 6.45) is 0. The molecule has 0 radical (unpaired) electrons. The molecule has 0 atom stereocenters. The predicted octanol–water partition coefficient (Wildman–Crippen LogP) is -2.12. The van der Waals surface area contributed by atoms with Crippen LogP contribution in [0.3, 0.4) is 0 Å². The molecular formula is CH6KN3O. The van der Waals surface area contributed by atoms with Crippen LogP contribution in [0, 0.1) is 0 Å². The number of nitrogens with two attached hydrogens (primary N) is 2. The standard InChI is InChI=1S/CH5N3O.K.H/c2-1(5)4-3;;/h3H2,(H3,2,4,5);;. The molecular weight excluding hydrogens is 109 g/mol. The van der Waals surface area contributed by atoms with Crippen molar-refractivity contribution in [2.45, 2.75) is 0 Å². The molecule has 0 aromatic rings. The monoisotopic (exact) mass is 115 g/mol. The summed E-state index contributed by atoms with van der Waals surface area (Å²) in [6, 6.07) is -0.718. The molecule has 0 fully saturated rings. The van der Waals surface area contributed by atoms with Gasteiger partial charge in [-0.3, -0.25) is 5.43 Å². The fourth-order valence-corrected chi connectivity index (χ4v) is 0. The van der Waals surface area contributed by atoms with Crippen LogP contribution in [0.2, 0.25) is 0 Å². The van der Waals surface area contributed by atoms with E-state index in [1.807, 2.05) is 0 Å². The van der Waals surface area contributed by atoms with E-state index in [0.717, 1.165) is 0 Å². The quantitative estimate of drug-likeness (QED) is 0.146. The average Bonchev–Trinajstić information content (AvgIpc) is 1.38. The van der Waals surface area contributed by atoms with Gasteiger partial charge in [0.2, 0.25) is 0 Å². The van der Waals surface area contributed by atoms with Crippen LogP contribution in [0.5, 0.6) is 0 Å². The SMILES string of the molecule is NNC(N)=O.[KH]. The molecule has 5 N–H and O–H groups in total. The van der Waals surface area contributed by atoms with Gasteiger partial charge >= 0.3 is 57.4 Å². The van der Waals surface area contributed by atoms with Crippen LogP contribution in [0.4, 0.5) is 4.79 Å². The zero-order valence-electron chi connectivity index (χ0n) is 2.56.